The number of anilines is 1. The van der Waals surface area contributed by atoms with Crippen molar-refractivity contribution in [1.82, 2.24) is 0 Å². The van der Waals surface area contributed by atoms with E-state index in [1.54, 1.807) is 24.0 Å². The third kappa shape index (κ3) is 5.42. The first kappa shape index (κ1) is 21.5. The number of para-hydroxylation sites is 1. The number of amides is 1. The molecule has 0 aromatic heterocycles. The first-order chi connectivity index (χ1) is 14.5. The SMILES string of the molecule is CC(C(=O)N(Cc1ccccc1)c1ccccc1)S(=O)Cc1cccc(C(=O)O)c1. The summed E-state index contributed by atoms with van der Waals surface area (Å²) in [7, 11) is -1.50. The van der Waals surface area contributed by atoms with E-state index in [1.165, 1.54) is 12.1 Å². The van der Waals surface area contributed by atoms with Crippen LogP contribution in [0, 0.1) is 0 Å². The number of carbonyl (C=O) groups excluding carboxylic acids is 1. The summed E-state index contributed by atoms with van der Waals surface area (Å²) in [5, 5.41) is 8.40. The first-order valence-electron chi connectivity index (χ1n) is 9.55. The van der Waals surface area contributed by atoms with Crippen molar-refractivity contribution >= 4 is 28.4 Å². The fourth-order valence-electron chi connectivity index (χ4n) is 3.09. The topological polar surface area (TPSA) is 74.7 Å². The maximum Gasteiger partial charge on any atom is 0.335 e. The minimum atomic E-state index is -1.50. The minimum absolute atomic E-state index is 0.113. The van der Waals surface area contributed by atoms with Gasteiger partial charge < -0.3 is 10.0 Å². The quantitative estimate of drug-likeness (QED) is 0.590. The Bertz CT molecular complexity index is 1040. The van der Waals surface area contributed by atoms with E-state index in [0.29, 0.717) is 12.1 Å². The molecule has 0 saturated heterocycles. The van der Waals surface area contributed by atoms with Crippen molar-refractivity contribution < 1.29 is 18.9 Å². The number of rotatable bonds is 8. The summed E-state index contributed by atoms with van der Waals surface area (Å²) < 4.78 is 12.9. The van der Waals surface area contributed by atoms with Crippen LogP contribution in [0.4, 0.5) is 5.69 Å². The van der Waals surface area contributed by atoms with Crippen LogP contribution in [0.2, 0.25) is 0 Å². The van der Waals surface area contributed by atoms with Crippen molar-refractivity contribution in [1.29, 1.82) is 0 Å². The number of hydrogen-bond donors (Lipinski definition) is 1. The standard InChI is InChI=1S/C24H23NO4S/c1-18(30(29)17-20-11-8-12-21(15-20)24(27)28)23(26)25(22-13-6-3-7-14-22)16-19-9-4-2-5-10-19/h2-15,18H,16-17H2,1H3,(H,27,28). The summed E-state index contributed by atoms with van der Waals surface area (Å²) in [5.74, 6) is -1.16. The molecule has 3 aromatic carbocycles. The van der Waals surface area contributed by atoms with Gasteiger partial charge >= 0.3 is 5.97 Å². The Morgan fingerprint density at radius 3 is 2.13 bits per heavy atom. The fraction of sp³-hybridized carbons (Fsp3) is 0.167. The maximum atomic E-state index is 13.3. The normalized spacial score (nSPS) is 12.7. The number of hydrogen-bond acceptors (Lipinski definition) is 3. The summed E-state index contributed by atoms with van der Waals surface area (Å²) in [6.45, 7) is 2.03. The Kier molecular flexibility index (Phi) is 7.14. The van der Waals surface area contributed by atoms with Gasteiger partial charge in [-0.25, -0.2) is 4.79 Å². The molecule has 0 spiro atoms. The van der Waals surface area contributed by atoms with Gasteiger partial charge in [-0.1, -0.05) is 60.7 Å². The van der Waals surface area contributed by atoms with Gasteiger partial charge in [-0.3, -0.25) is 9.00 Å². The molecule has 0 bridgehead atoms. The zero-order chi connectivity index (χ0) is 21.5. The molecule has 0 saturated carbocycles. The van der Waals surface area contributed by atoms with Crippen LogP contribution in [-0.2, 0) is 27.9 Å². The molecule has 2 unspecified atom stereocenters. The fourth-order valence-corrected chi connectivity index (χ4v) is 4.20. The first-order valence-corrected chi connectivity index (χ1v) is 10.9. The van der Waals surface area contributed by atoms with Crippen molar-refractivity contribution in [3.05, 3.63) is 102 Å². The number of carboxylic acid groups (broad SMARTS) is 1. The Balaban J connectivity index is 1.80. The van der Waals surface area contributed by atoms with E-state index in [4.69, 9.17) is 5.11 Å². The van der Waals surface area contributed by atoms with Crippen LogP contribution in [0.5, 0.6) is 0 Å². The maximum absolute atomic E-state index is 13.3. The van der Waals surface area contributed by atoms with Crippen LogP contribution in [-0.4, -0.2) is 26.4 Å². The number of benzene rings is 3. The molecule has 0 radical (unpaired) electrons. The second-order valence-corrected chi connectivity index (χ2v) is 8.68. The van der Waals surface area contributed by atoms with Gasteiger partial charge in [0.2, 0.25) is 5.91 Å². The molecule has 2 atom stereocenters. The van der Waals surface area contributed by atoms with Crippen molar-refractivity contribution in [2.45, 2.75) is 24.5 Å². The van der Waals surface area contributed by atoms with Crippen molar-refractivity contribution in [3.8, 4) is 0 Å². The van der Waals surface area contributed by atoms with Crippen LogP contribution >= 0.6 is 0 Å². The van der Waals surface area contributed by atoms with E-state index in [1.807, 2.05) is 60.7 Å². The molecule has 0 heterocycles. The van der Waals surface area contributed by atoms with Crippen LogP contribution in [0.1, 0.15) is 28.4 Å². The van der Waals surface area contributed by atoms with Gasteiger partial charge in [0.15, 0.2) is 0 Å². The predicted octanol–water partition coefficient (Wildman–Crippen LogP) is 4.26. The van der Waals surface area contributed by atoms with Crippen LogP contribution in [0.3, 0.4) is 0 Å². The molecular formula is C24H23NO4S. The molecule has 30 heavy (non-hydrogen) atoms. The summed E-state index contributed by atoms with van der Waals surface area (Å²) in [6, 6.07) is 25.3. The van der Waals surface area contributed by atoms with Gasteiger partial charge in [0.05, 0.1) is 12.1 Å². The highest BCUT2D eigenvalue weighted by atomic mass is 32.2. The molecule has 3 rings (SSSR count). The van der Waals surface area contributed by atoms with Gasteiger partial charge in [0, 0.05) is 22.2 Å². The average molecular weight is 422 g/mol. The van der Waals surface area contributed by atoms with Crippen LogP contribution in [0.15, 0.2) is 84.9 Å². The highest BCUT2D eigenvalue weighted by molar-refractivity contribution is 7.85. The lowest BCUT2D eigenvalue weighted by atomic mass is 10.1. The molecule has 0 aliphatic rings. The summed E-state index contributed by atoms with van der Waals surface area (Å²) >= 11 is 0. The Morgan fingerprint density at radius 2 is 1.50 bits per heavy atom. The molecule has 0 aliphatic heterocycles. The number of nitrogens with zero attached hydrogens (tertiary/aromatic N) is 1. The summed E-state index contributed by atoms with van der Waals surface area (Å²) in [5.41, 5.74) is 2.48. The summed E-state index contributed by atoms with van der Waals surface area (Å²) in [4.78, 5) is 26.1. The average Bonchev–Trinajstić information content (AvgIpc) is 2.78. The van der Waals surface area contributed by atoms with Gasteiger partial charge in [-0.2, -0.15) is 0 Å². The van der Waals surface area contributed by atoms with Gasteiger partial charge in [0.1, 0.15) is 5.25 Å². The molecule has 1 N–H and O–H groups in total. The Morgan fingerprint density at radius 1 is 0.900 bits per heavy atom. The third-order valence-corrected chi connectivity index (χ3v) is 6.35. The lowest BCUT2D eigenvalue weighted by molar-refractivity contribution is -0.118. The van der Waals surface area contributed by atoms with E-state index < -0.39 is 22.0 Å². The number of carboxylic acids is 1. The monoisotopic (exact) mass is 421 g/mol. The zero-order valence-corrected chi connectivity index (χ0v) is 17.4. The third-order valence-electron chi connectivity index (χ3n) is 4.74. The molecule has 5 nitrogen and oxygen atoms in total. The Labute approximate surface area is 178 Å². The molecule has 154 valence electrons. The lowest BCUT2D eigenvalue weighted by Gasteiger charge is -2.26. The number of carbonyl (C=O) groups is 2. The zero-order valence-electron chi connectivity index (χ0n) is 16.6. The highest BCUT2D eigenvalue weighted by Crippen LogP contribution is 2.20. The second-order valence-electron chi connectivity index (χ2n) is 6.92. The molecule has 1 amide bonds. The van der Waals surface area contributed by atoms with Gasteiger partial charge in [-0.05, 0) is 42.3 Å². The van der Waals surface area contributed by atoms with Gasteiger partial charge in [0.25, 0.3) is 0 Å². The van der Waals surface area contributed by atoms with E-state index in [2.05, 4.69) is 0 Å². The lowest BCUT2D eigenvalue weighted by Crippen LogP contribution is -2.39. The van der Waals surface area contributed by atoms with E-state index >= 15 is 0 Å². The van der Waals surface area contributed by atoms with Crippen molar-refractivity contribution in [2.24, 2.45) is 0 Å². The molecular weight excluding hydrogens is 398 g/mol. The second kappa shape index (κ2) is 9.98. The van der Waals surface area contributed by atoms with Crippen LogP contribution < -0.4 is 4.90 Å². The molecule has 6 heteroatoms. The van der Waals surface area contributed by atoms with Gasteiger partial charge in [-0.15, -0.1) is 0 Å². The minimum Gasteiger partial charge on any atom is -0.478 e. The predicted molar refractivity (Wildman–Crippen MR) is 119 cm³/mol. The summed E-state index contributed by atoms with van der Waals surface area (Å²) in [6.07, 6.45) is 0. The smallest absolute Gasteiger partial charge is 0.335 e. The van der Waals surface area contributed by atoms with Crippen molar-refractivity contribution in [3.63, 3.8) is 0 Å². The van der Waals surface area contributed by atoms with E-state index in [0.717, 1.165) is 11.3 Å². The van der Waals surface area contributed by atoms with E-state index in [-0.39, 0.29) is 17.2 Å². The van der Waals surface area contributed by atoms with Crippen LogP contribution in [0.25, 0.3) is 0 Å². The molecule has 0 fully saturated rings. The highest BCUT2D eigenvalue weighted by Gasteiger charge is 2.27. The largest absolute Gasteiger partial charge is 0.478 e. The Hall–Kier alpha value is -3.25. The van der Waals surface area contributed by atoms with E-state index in [9.17, 15) is 13.8 Å². The molecule has 0 aliphatic carbocycles. The molecule has 3 aromatic rings. The van der Waals surface area contributed by atoms with Crippen molar-refractivity contribution in [2.75, 3.05) is 4.90 Å². The number of aromatic carboxylic acids is 1.